The Morgan fingerprint density at radius 2 is 1.78 bits per heavy atom. The molecule has 0 saturated carbocycles. The molecule has 1 saturated heterocycles. The summed E-state index contributed by atoms with van der Waals surface area (Å²) in [6, 6.07) is 8.16. The number of carbonyl (C=O) groups is 1. The quantitative estimate of drug-likeness (QED) is 0.375. The van der Waals surface area contributed by atoms with E-state index in [-0.39, 0.29) is 29.9 Å². The molecule has 1 fully saturated rings. The fourth-order valence-electron chi connectivity index (χ4n) is 3.02. The first-order valence-electron chi connectivity index (χ1n) is 8.98. The molecule has 27 heavy (non-hydrogen) atoms. The molecular formula is C19H32IN5O2. The smallest absolute Gasteiger partial charge is 0.227 e. The summed E-state index contributed by atoms with van der Waals surface area (Å²) in [4.78, 5) is 20.9. The predicted molar refractivity (Wildman–Crippen MR) is 121 cm³/mol. The Kier molecular flexibility index (Phi) is 9.14. The molecular weight excluding hydrogens is 457 g/mol. The number of aliphatic imine (C=N–C) groups is 1. The SMILES string of the molecule is CN=C(NCC(C)(C)C(=O)NC)N1CCN(c2ccc(OC)cc2)CC1.I. The lowest BCUT2D eigenvalue weighted by Gasteiger charge is -2.38. The number of ether oxygens (including phenoxy) is 1. The number of benzene rings is 1. The first-order chi connectivity index (χ1) is 12.4. The normalized spacial score (nSPS) is 15.1. The van der Waals surface area contributed by atoms with Gasteiger partial charge < -0.3 is 25.2 Å². The van der Waals surface area contributed by atoms with Crippen molar-refractivity contribution >= 4 is 41.5 Å². The molecule has 2 N–H and O–H groups in total. The van der Waals surface area contributed by atoms with E-state index in [1.54, 1.807) is 21.2 Å². The lowest BCUT2D eigenvalue weighted by molar-refractivity contribution is -0.128. The summed E-state index contributed by atoms with van der Waals surface area (Å²) in [6.45, 7) is 8.00. The number of methoxy groups -OCH3 is 1. The van der Waals surface area contributed by atoms with Crippen LogP contribution in [0.15, 0.2) is 29.3 Å². The maximum absolute atomic E-state index is 11.9. The number of carbonyl (C=O) groups excluding carboxylic acids is 1. The highest BCUT2D eigenvalue weighted by molar-refractivity contribution is 14.0. The number of hydrogen-bond donors (Lipinski definition) is 2. The molecule has 0 unspecified atom stereocenters. The third-order valence-corrected chi connectivity index (χ3v) is 4.76. The Labute approximate surface area is 179 Å². The van der Waals surface area contributed by atoms with E-state index in [0.717, 1.165) is 37.9 Å². The summed E-state index contributed by atoms with van der Waals surface area (Å²) in [6.07, 6.45) is 0. The van der Waals surface area contributed by atoms with Gasteiger partial charge in [-0.05, 0) is 38.1 Å². The predicted octanol–water partition coefficient (Wildman–Crippen LogP) is 1.78. The highest BCUT2D eigenvalue weighted by Gasteiger charge is 2.28. The van der Waals surface area contributed by atoms with Gasteiger partial charge >= 0.3 is 0 Å². The van der Waals surface area contributed by atoms with Crippen LogP contribution in [-0.2, 0) is 4.79 Å². The fourth-order valence-corrected chi connectivity index (χ4v) is 3.02. The summed E-state index contributed by atoms with van der Waals surface area (Å²) in [5.41, 5.74) is 0.712. The highest BCUT2D eigenvalue weighted by Crippen LogP contribution is 2.20. The second kappa shape index (κ2) is 10.6. The van der Waals surface area contributed by atoms with E-state index < -0.39 is 5.41 Å². The number of hydrogen-bond acceptors (Lipinski definition) is 4. The number of halogens is 1. The molecule has 0 aromatic heterocycles. The van der Waals surface area contributed by atoms with Crippen molar-refractivity contribution in [2.24, 2.45) is 10.4 Å². The highest BCUT2D eigenvalue weighted by atomic mass is 127. The number of piperazine rings is 1. The fraction of sp³-hybridized carbons (Fsp3) is 0.579. The van der Waals surface area contributed by atoms with Crippen molar-refractivity contribution in [3.05, 3.63) is 24.3 Å². The summed E-state index contributed by atoms with van der Waals surface area (Å²) in [7, 11) is 5.13. The third kappa shape index (κ3) is 6.15. The van der Waals surface area contributed by atoms with Gasteiger partial charge in [0.15, 0.2) is 5.96 Å². The van der Waals surface area contributed by atoms with E-state index in [0.29, 0.717) is 6.54 Å². The molecule has 0 aliphatic carbocycles. The maximum atomic E-state index is 11.9. The van der Waals surface area contributed by atoms with Crippen LogP contribution in [0, 0.1) is 5.41 Å². The summed E-state index contributed by atoms with van der Waals surface area (Å²) in [5, 5.41) is 6.05. The minimum Gasteiger partial charge on any atom is -0.497 e. The molecule has 0 atom stereocenters. The molecule has 8 heteroatoms. The first kappa shape index (κ1) is 23.3. The van der Waals surface area contributed by atoms with Crippen molar-refractivity contribution in [3.8, 4) is 5.75 Å². The molecule has 0 spiro atoms. The molecule has 1 amide bonds. The first-order valence-corrected chi connectivity index (χ1v) is 8.98. The molecule has 1 heterocycles. The molecule has 2 rings (SSSR count). The van der Waals surface area contributed by atoms with Crippen LogP contribution in [0.4, 0.5) is 5.69 Å². The van der Waals surface area contributed by atoms with E-state index in [2.05, 4.69) is 37.6 Å². The minimum absolute atomic E-state index is 0. The van der Waals surface area contributed by atoms with Crippen LogP contribution in [0.3, 0.4) is 0 Å². The minimum atomic E-state index is -0.490. The van der Waals surface area contributed by atoms with Crippen molar-refractivity contribution in [2.45, 2.75) is 13.8 Å². The number of nitrogens with one attached hydrogen (secondary N) is 2. The van der Waals surface area contributed by atoms with Crippen LogP contribution in [0.25, 0.3) is 0 Å². The maximum Gasteiger partial charge on any atom is 0.227 e. The van der Waals surface area contributed by atoms with E-state index >= 15 is 0 Å². The average Bonchev–Trinajstić information content (AvgIpc) is 2.68. The van der Waals surface area contributed by atoms with Gasteiger partial charge in [0, 0.05) is 52.5 Å². The van der Waals surface area contributed by atoms with Gasteiger partial charge in [0.05, 0.1) is 12.5 Å². The monoisotopic (exact) mass is 489 g/mol. The van der Waals surface area contributed by atoms with Crippen LogP contribution in [0.2, 0.25) is 0 Å². The standard InChI is InChI=1S/C19H31N5O2.HI/c1-19(2,17(25)20-3)14-22-18(21-4)24-12-10-23(11-13-24)15-6-8-16(26-5)9-7-15;/h6-9H,10-14H2,1-5H3,(H,20,25)(H,21,22);1H. The van der Waals surface area contributed by atoms with Crippen LogP contribution < -0.4 is 20.3 Å². The van der Waals surface area contributed by atoms with Crippen LogP contribution in [-0.4, -0.2) is 70.7 Å². The lowest BCUT2D eigenvalue weighted by Crippen LogP contribution is -2.54. The molecule has 1 aliphatic rings. The Balaban J connectivity index is 0.00000364. The van der Waals surface area contributed by atoms with Gasteiger partial charge in [0.2, 0.25) is 5.91 Å². The van der Waals surface area contributed by atoms with Crippen LogP contribution in [0.1, 0.15) is 13.8 Å². The molecule has 152 valence electrons. The van der Waals surface area contributed by atoms with Gasteiger partial charge in [0.25, 0.3) is 0 Å². The molecule has 7 nitrogen and oxygen atoms in total. The van der Waals surface area contributed by atoms with Crippen molar-refractivity contribution in [3.63, 3.8) is 0 Å². The molecule has 0 radical (unpaired) electrons. The summed E-state index contributed by atoms with van der Waals surface area (Å²) in [5.74, 6) is 1.73. The zero-order valence-electron chi connectivity index (χ0n) is 16.9. The second-order valence-electron chi connectivity index (χ2n) is 7.04. The Morgan fingerprint density at radius 1 is 1.19 bits per heavy atom. The molecule has 1 aromatic rings. The van der Waals surface area contributed by atoms with Gasteiger partial charge in [-0.15, -0.1) is 24.0 Å². The van der Waals surface area contributed by atoms with E-state index in [9.17, 15) is 4.79 Å². The van der Waals surface area contributed by atoms with Gasteiger partial charge in [0.1, 0.15) is 5.75 Å². The summed E-state index contributed by atoms with van der Waals surface area (Å²) >= 11 is 0. The van der Waals surface area contributed by atoms with E-state index in [1.807, 2.05) is 26.0 Å². The average molecular weight is 489 g/mol. The number of rotatable bonds is 5. The van der Waals surface area contributed by atoms with Gasteiger partial charge in [-0.25, -0.2) is 0 Å². The van der Waals surface area contributed by atoms with Crippen LogP contribution in [0.5, 0.6) is 5.75 Å². The number of nitrogens with zero attached hydrogens (tertiary/aromatic N) is 3. The van der Waals surface area contributed by atoms with E-state index in [4.69, 9.17) is 4.74 Å². The molecule has 1 aliphatic heterocycles. The zero-order valence-corrected chi connectivity index (χ0v) is 19.2. The van der Waals surface area contributed by atoms with E-state index in [1.165, 1.54) is 5.69 Å². The number of anilines is 1. The van der Waals surface area contributed by atoms with Crippen molar-refractivity contribution in [1.82, 2.24) is 15.5 Å². The topological polar surface area (TPSA) is 69.2 Å². The zero-order chi connectivity index (χ0) is 19.2. The largest absolute Gasteiger partial charge is 0.497 e. The van der Waals surface area contributed by atoms with Crippen molar-refractivity contribution in [1.29, 1.82) is 0 Å². The summed E-state index contributed by atoms with van der Waals surface area (Å²) < 4.78 is 5.22. The van der Waals surface area contributed by atoms with Crippen molar-refractivity contribution in [2.75, 3.05) is 58.8 Å². The lowest BCUT2D eigenvalue weighted by atomic mass is 9.92. The van der Waals surface area contributed by atoms with Gasteiger partial charge in [-0.2, -0.15) is 0 Å². The van der Waals surface area contributed by atoms with Gasteiger partial charge in [-0.3, -0.25) is 9.79 Å². The van der Waals surface area contributed by atoms with Gasteiger partial charge in [-0.1, -0.05) is 0 Å². The Hall–Kier alpha value is -1.71. The number of amides is 1. The molecule has 0 bridgehead atoms. The molecule has 1 aromatic carbocycles. The Morgan fingerprint density at radius 3 is 2.26 bits per heavy atom. The van der Waals surface area contributed by atoms with Crippen LogP contribution >= 0.6 is 24.0 Å². The van der Waals surface area contributed by atoms with Crippen molar-refractivity contribution < 1.29 is 9.53 Å². The Bertz CT molecular complexity index is 625. The third-order valence-electron chi connectivity index (χ3n) is 4.76. The number of guanidine groups is 1. The second-order valence-corrected chi connectivity index (χ2v) is 7.04.